The van der Waals surface area contributed by atoms with Crippen LogP contribution < -0.4 is 20.1 Å². The van der Waals surface area contributed by atoms with Crippen LogP contribution in [0.5, 0.6) is 5.88 Å². The minimum absolute atomic E-state index is 0.0824. The molecule has 0 amide bonds. The highest BCUT2D eigenvalue weighted by Crippen LogP contribution is 2.20. The molecule has 0 aliphatic heterocycles. The van der Waals surface area contributed by atoms with Crippen molar-refractivity contribution in [2.24, 2.45) is 0 Å². The van der Waals surface area contributed by atoms with E-state index in [-0.39, 0.29) is 16.6 Å². The zero-order valence-corrected chi connectivity index (χ0v) is 18.3. The molecule has 10 heteroatoms. The number of nitrogens with zero attached hydrogens (tertiary/aromatic N) is 2. The first-order valence-corrected chi connectivity index (χ1v) is 10.8. The summed E-state index contributed by atoms with van der Waals surface area (Å²) in [5.74, 6) is 0.370. The molecule has 156 valence electrons. The van der Waals surface area contributed by atoms with Crippen molar-refractivity contribution < 1.29 is 13.2 Å². The monoisotopic (exact) mass is 443 g/mol. The van der Waals surface area contributed by atoms with Crippen LogP contribution in [0.25, 0.3) is 0 Å². The van der Waals surface area contributed by atoms with Crippen molar-refractivity contribution in [2.45, 2.75) is 18.7 Å². The summed E-state index contributed by atoms with van der Waals surface area (Å²) in [7, 11) is -2.38. The zero-order chi connectivity index (χ0) is 21.7. The molecule has 1 heterocycles. The molecular weight excluding hydrogens is 422 g/mol. The summed E-state index contributed by atoms with van der Waals surface area (Å²) in [4.78, 5) is 7.82. The van der Waals surface area contributed by atoms with Gasteiger partial charge in [0.05, 0.1) is 12.0 Å². The van der Waals surface area contributed by atoms with E-state index in [1.165, 1.54) is 31.6 Å². The minimum atomic E-state index is -3.81. The fourth-order valence-corrected chi connectivity index (χ4v) is 3.82. The van der Waals surface area contributed by atoms with Crippen LogP contribution in [0.3, 0.4) is 0 Å². The van der Waals surface area contributed by atoms with E-state index in [1.807, 2.05) is 32.0 Å². The van der Waals surface area contributed by atoms with Gasteiger partial charge in [-0.3, -0.25) is 4.72 Å². The lowest BCUT2D eigenvalue weighted by molar-refractivity contribution is 0.397. The van der Waals surface area contributed by atoms with E-state index in [2.05, 4.69) is 25.3 Å². The van der Waals surface area contributed by atoms with Crippen molar-refractivity contribution in [1.82, 2.24) is 9.97 Å². The SMILES string of the molecule is COc1cc(NS(=O)(=O)c2ccc(NC(=S)Nc3cccc(C)c3C)cc2)ncn1. The second kappa shape index (κ2) is 9.06. The Morgan fingerprint density at radius 2 is 1.77 bits per heavy atom. The second-order valence-electron chi connectivity index (χ2n) is 6.40. The third kappa shape index (κ3) is 5.22. The largest absolute Gasteiger partial charge is 0.481 e. The van der Waals surface area contributed by atoms with Crippen molar-refractivity contribution in [1.29, 1.82) is 0 Å². The lowest BCUT2D eigenvalue weighted by atomic mass is 10.1. The number of sulfonamides is 1. The average molecular weight is 444 g/mol. The van der Waals surface area contributed by atoms with Gasteiger partial charge in [-0.25, -0.2) is 18.4 Å². The first kappa shape index (κ1) is 21.5. The molecule has 0 aliphatic rings. The highest BCUT2D eigenvalue weighted by molar-refractivity contribution is 7.92. The summed E-state index contributed by atoms with van der Waals surface area (Å²) in [5, 5.41) is 6.61. The van der Waals surface area contributed by atoms with Crippen molar-refractivity contribution in [3.05, 3.63) is 66.0 Å². The van der Waals surface area contributed by atoms with Gasteiger partial charge >= 0.3 is 0 Å². The van der Waals surface area contributed by atoms with Crippen molar-refractivity contribution in [2.75, 3.05) is 22.5 Å². The van der Waals surface area contributed by atoms with Gasteiger partial charge in [-0.2, -0.15) is 0 Å². The number of methoxy groups -OCH3 is 1. The van der Waals surface area contributed by atoms with Gasteiger partial charge < -0.3 is 15.4 Å². The highest BCUT2D eigenvalue weighted by Gasteiger charge is 2.15. The fourth-order valence-electron chi connectivity index (χ4n) is 2.59. The number of aromatic nitrogens is 2. The molecule has 0 saturated heterocycles. The average Bonchev–Trinajstić information content (AvgIpc) is 2.71. The molecule has 3 N–H and O–H groups in total. The Hall–Kier alpha value is -3.24. The first-order valence-electron chi connectivity index (χ1n) is 8.91. The summed E-state index contributed by atoms with van der Waals surface area (Å²) < 4.78 is 32.5. The van der Waals surface area contributed by atoms with Gasteiger partial charge in [-0.1, -0.05) is 12.1 Å². The molecule has 0 atom stereocenters. The zero-order valence-electron chi connectivity index (χ0n) is 16.6. The Morgan fingerprint density at radius 1 is 1.03 bits per heavy atom. The van der Waals surface area contributed by atoms with Gasteiger partial charge in [-0.15, -0.1) is 0 Å². The van der Waals surface area contributed by atoms with Gasteiger partial charge in [0, 0.05) is 17.4 Å². The van der Waals surface area contributed by atoms with Crippen LogP contribution in [0.2, 0.25) is 0 Å². The number of aryl methyl sites for hydroxylation is 1. The Labute approximate surface area is 180 Å². The standard InChI is InChI=1S/C20H21N5O3S2/c1-13-5-4-6-17(14(13)2)24-20(29)23-15-7-9-16(10-8-15)30(26,27)25-18-11-19(28-3)22-12-21-18/h4-12H,1-3H3,(H,21,22,25)(H2,23,24,29). The summed E-state index contributed by atoms with van der Waals surface area (Å²) in [6.45, 7) is 4.04. The van der Waals surface area contributed by atoms with Crippen LogP contribution in [-0.2, 0) is 10.0 Å². The van der Waals surface area contributed by atoms with Gasteiger partial charge in [0.25, 0.3) is 10.0 Å². The molecule has 0 unspecified atom stereocenters. The van der Waals surface area contributed by atoms with Gasteiger partial charge in [0.15, 0.2) is 5.11 Å². The number of thiocarbonyl (C=S) groups is 1. The predicted molar refractivity (Wildman–Crippen MR) is 122 cm³/mol. The topological polar surface area (TPSA) is 105 Å². The summed E-state index contributed by atoms with van der Waals surface area (Å²) >= 11 is 5.36. The van der Waals surface area contributed by atoms with Crippen molar-refractivity contribution >= 4 is 44.5 Å². The molecule has 1 aromatic heterocycles. The van der Waals surface area contributed by atoms with E-state index in [9.17, 15) is 8.42 Å². The molecule has 0 aliphatic carbocycles. The van der Waals surface area contributed by atoms with Crippen LogP contribution >= 0.6 is 12.2 Å². The van der Waals surface area contributed by atoms with Crippen LogP contribution in [0, 0.1) is 13.8 Å². The summed E-state index contributed by atoms with van der Waals surface area (Å²) in [6, 6.07) is 13.5. The lowest BCUT2D eigenvalue weighted by Gasteiger charge is -2.14. The lowest BCUT2D eigenvalue weighted by Crippen LogP contribution is -2.20. The molecule has 3 rings (SSSR count). The predicted octanol–water partition coefficient (Wildman–Crippen LogP) is 3.71. The fraction of sp³-hybridized carbons (Fsp3) is 0.150. The number of anilines is 3. The molecule has 3 aromatic rings. The van der Waals surface area contributed by atoms with E-state index in [4.69, 9.17) is 17.0 Å². The number of ether oxygens (including phenoxy) is 1. The third-order valence-electron chi connectivity index (χ3n) is 4.37. The highest BCUT2D eigenvalue weighted by atomic mass is 32.2. The first-order chi connectivity index (χ1) is 14.3. The molecule has 0 saturated carbocycles. The Balaban J connectivity index is 1.67. The summed E-state index contributed by atoms with van der Waals surface area (Å²) in [6.07, 6.45) is 1.22. The minimum Gasteiger partial charge on any atom is -0.481 e. The molecule has 2 aromatic carbocycles. The molecule has 0 radical (unpaired) electrons. The Kier molecular flexibility index (Phi) is 6.48. The normalized spacial score (nSPS) is 10.9. The molecule has 0 spiro atoms. The summed E-state index contributed by atoms with van der Waals surface area (Å²) in [5.41, 5.74) is 3.83. The van der Waals surface area contributed by atoms with E-state index >= 15 is 0 Å². The van der Waals surface area contributed by atoms with Crippen LogP contribution in [0.4, 0.5) is 17.2 Å². The van der Waals surface area contributed by atoms with E-state index in [0.717, 1.165) is 16.8 Å². The van der Waals surface area contributed by atoms with Gasteiger partial charge in [-0.05, 0) is 67.5 Å². The Morgan fingerprint density at radius 3 is 2.47 bits per heavy atom. The molecule has 0 fully saturated rings. The van der Waals surface area contributed by atoms with Crippen LogP contribution in [-0.4, -0.2) is 30.6 Å². The maximum atomic E-state index is 12.6. The second-order valence-corrected chi connectivity index (χ2v) is 8.49. The maximum Gasteiger partial charge on any atom is 0.263 e. The number of hydrogen-bond acceptors (Lipinski definition) is 6. The van der Waals surface area contributed by atoms with Crippen LogP contribution in [0.15, 0.2) is 59.8 Å². The number of nitrogens with one attached hydrogen (secondary N) is 3. The smallest absolute Gasteiger partial charge is 0.263 e. The number of rotatable bonds is 6. The van der Waals surface area contributed by atoms with E-state index < -0.39 is 10.0 Å². The molecule has 0 bridgehead atoms. The Bertz CT molecular complexity index is 1170. The number of benzene rings is 2. The van der Waals surface area contributed by atoms with E-state index in [0.29, 0.717) is 10.8 Å². The third-order valence-corrected chi connectivity index (χ3v) is 5.94. The van der Waals surface area contributed by atoms with Gasteiger partial charge in [0.1, 0.15) is 12.1 Å². The molecule has 8 nitrogen and oxygen atoms in total. The van der Waals surface area contributed by atoms with Crippen molar-refractivity contribution in [3.8, 4) is 5.88 Å². The van der Waals surface area contributed by atoms with Crippen LogP contribution in [0.1, 0.15) is 11.1 Å². The quantitative estimate of drug-likeness (QED) is 0.495. The molecule has 30 heavy (non-hydrogen) atoms. The molecular formula is C20H21N5O3S2. The van der Waals surface area contributed by atoms with E-state index in [1.54, 1.807) is 12.1 Å². The number of hydrogen-bond donors (Lipinski definition) is 3. The maximum absolute atomic E-state index is 12.6. The van der Waals surface area contributed by atoms with Gasteiger partial charge in [0.2, 0.25) is 5.88 Å². The van der Waals surface area contributed by atoms with Crippen molar-refractivity contribution in [3.63, 3.8) is 0 Å².